The SMILES string of the molecule is CCCCOCCOCCOc1ccc2nc(-c3ccc(N(C)C)cc3)ccc2c1. The van der Waals surface area contributed by atoms with Gasteiger partial charge in [0.1, 0.15) is 12.4 Å². The number of nitrogens with zero attached hydrogens (tertiary/aromatic N) is 2. The zero-order valence-electron chi connectivity index (χ0n) is 18.3. The number of rotatable bonds is 12. The Kier molecular flexibility index (Phi) is 8.48. The van der Waals surface area contributed by atoms with Crippen molar-refractivity contribution in [3.8, 4) is 17.0 Å². The van der Waals surface area contributed by atoms with Crippen molar-refractivity contribution in [2.24, 2.45) is 0 Å². The normalized spacial score (nSPS) is 11.0. The van der Waals surface area contributed by atoms with Crippen LogP contribution in [0.25, 0.3) is 22.2 Å². The molecule has 0 aliphatic carbocycles. The molecule has 0 fully saturated rings. The maximum atomic E-state index is 5.81. The van der Waals surface area contributed by atoms with E-state index in [1.54, 1.807) is 0 Å². The molecule has 3 aromatic rings. The van der Waals surface area contributed by atoms with Crippen molar-refractivity contribution in [1.82, 2.24) is 4.98 Å². The summed E-state index contributed by atoms with van der Waals surface area (Å²) < 4.78 is 16.8. The molecule has 0 unspecified atom stereocenters. The molecule has 0 aliphatic heterocycles. The van der Waals surface area contributed by atoms with E-state index in [0.29, 0.717) is 26.4 Å². The van der Waals surface area contributed by atoms with E-state index in [2.05, 4.69) is 48.2 Å². The Balaban J connectivity index is 1.50. The number of hydrogen-bond donors (Lipinski definition) is 0. The van der Waals surface area contributed by atoms with Gasteiger partial charge in [0.15, 0.2) is 0 Å². The molecular weight excluding hydrogens is 376 g/mol. The highest BCUT2D eigenvalue weighted by Gasteiger charge is 2.04. The third kappa shape index (κ3) is 6.44. The van der Waals surface area contributed by atoms with Gasteiger partial charge in [-0.2, -0.15) is 0 Å². The maximum absolute atomic E-state index is 5.81. The summed E-state index contributed by atoms with van der Waals surface area (Å²) in [5.41, 5.74) is 4.21. The van der Waals surface area contributed by atoms with Crippen LogP contribution in [0.5, 0.6) is 5.75 Å². The molecular formula is C25H32N2O3. The van der Waals surface area contributed by atoms with Crippen molar-refractivity contribution in [2.75, 3.05) is 52.0 Å². The number of hydrogen-bond acceptors (Lipinski definition) is 5. The van der Waals surface area contributed by atoms with Gasteiger partial charge in [0.05, 0.1) is 31.0 Å². The molecule has 5 nitrogen and oxygen atoms in total. The van der Waals surface area contributed by atoms with Crippen LogP contribution in [0, 0.1) is 0 Å². The fourth-order valence-electron chi connectivity index (χ4n) is 3.07. The molecule has 5 heteroatoms. The Labute approximate surface area is 179 Å². The lowest BCUT2D eigenvalue weighted by atomic mass is 10.1. The molecule has 0 radical (unpaired) electrons. The van der Waals surface area contributed by atoms with Gasteiger partial charge in [-0.25, -0.2) is 4.98 Å². The monoisotopic (exact) mass is 408 g/mol. The second kappa shape index (κ2) is 11.5. The molecule has 0 bridgehead atoms. The minimum absolute atomic E-state index is 0.518. The van der Waals surface area contributed by atoms with E-state index in [0.717, 1.165) is 47.4 Å². The van der Waals surface area contributed by atoms with Crippen molar-refractivity contribution in [3.05, 3.63) is 54.6 Å². The topological polar surface area (TPSA) is 43.8 Å². The zero-order valence-corrected chi connectivity index (χ0v) is 18.3. The Morgan fingerprint density at radius 1 is 0.800 bits per heavy atom. The van der Waals surface area contributed by atoms with Crippen LogP contribution in [0.15, 0.2) is 54.6 Å². The molecule has 0 saturated heterocycles. The lowest BCUT2D eigenvalue weighted by Gasteiger charge is -2.12. The van der Waals surface area contributed by atoms with Crippen LogP contribution in [0.2, 0.25) is 0 Å². The molecule has 0 amide bonds. The van der Waals surface area contributed by atoms with Gasteiger partial charge in [0.2, 0.25) is 0 Å². The summed E-state index contributed by atoms with van der Waals surface area (Å²) in [7, 11) is 4.08. The molecule has 0 aliphatic rings. The summed E-state index contributed by atoms with van der Waals surface area (Å²) in [6, 6.07) is 18.6. The summed E-state index contributed by atoms with van der Waals surface area (Å²) >= 11 is 0. The predicted molar refractivity (Wildman–Crippen MR) is 124 cm³/mol. The van der Waals surface area contributed by atoms with Gasteiger partial charge in [-0.1, -0.05) is 31.5 Å². The first-order chi connectivity index (χ1) is 14.7. The van der Waals surface area contributed by atoms with Gasteiger partial charge < -0.3 is 19.1 Å². The number of benzene rings is 2. The predicted octanol–water partition coefficient (Wildman–Crippen LogP) is 5.18. The Morgan fingerprint density at radius 3 is 2.27 bits per heavy atom. The molecule has 2 aromatic carbocycles. The third-order valence-corrected chi connectivity index (χ3v) is 4.85. The van der Waals surface area contributed by atoms with Gasteiger partial charge in [-0.05, 0) is 42.8 Å². The van der Waals surface area contributed by atoms with Crippen molar-refractivity contribution in [3.63, 3.8) is 0 Å². The minimum atomic E-state index is 0.518. The smallest absolute Gasteiger partial charge is 0.120 e. The fourth-order valence-corrected chi connectivity index (χ4v) is 3.07. The van der Waals surface area contributed by atoms with Gasteiger partial charge in [0, 0.05) is 37.3 Å². The minimum Gasteiger partial charge on any atom is -0.491 e. The van der Waals surface area contributed by atoms with Gasteiger partial charge in [0.25, 0.3) is 0 Å². The summed E-state index contributed by atoms with van der Waals surface area (Å²) in [5.74, 6) is 0.829. The summed E-state index contributed by atoms with van der Waals surface area (Å²) in [4.78, 5) is 6.89. The van der Waals surface area contributed by atoms with Crippen LogP contribution in [0.4, 0.5) is 5.69 Å². The number of pyridine rings is 1. The quantitative estimate of drug-likeness (QED) is 0.386. The first-order valence-corrected chi connectivity index (χ1v) is 10.6. The van der Waals surface area contributed by atoms with Crippen molar-refractivity contribution in [2.45, 2.75) is 19.8 Å². The average Bonchev–Trinajstić information content (AvgIpc) is 2.77. The van der Waals surface area contributed by atoms with E-state index >= 15 is 0 Å². The second-order valence-corrected chi connectivity index (χ2v) is 7.42. The molecule has 0 saturated carbocycles. The number of anilines is 1. The number of fused-ring (bicyclic) bond motifs is 1. The van der Waals surface area contributed by atoms with Crippen LogP contribution in [-0.4, -0.2) is 52.1 Å². The van der Waals surface area contributed by atoms with E-state index in [4.69, 9.17) is 19.2 Å². The molecule has 3 rings (SSSR count). The van der Waals surface area contributed by atoms with Crippen LogP contribution in [0.1, 0.15) is 19.8 Å². The van der Waals surface area contributed by atoms with Crippen LogP contribution in [0.3, 0.4) is 0 Å². The van der Waals surface area contributed by atoms with Crippen LogP contribution in [-0.2, 0) is 9.47 Å². The Morgan fingerprint density at radius 2 is 1.53 bits per heavy atom. The van der Waals surface area contributed by atoms with E-state index < -0.39 is 0 Å². The summed E-state index contributed by atoms with van der Waals surface area (Å²) in [6.45, 7) is 5.28. The molecule has 0 atom stereocenters. The largest absolute Gasteiger partial charge is 0.491 e. The first-order valence-electron chi connectivity index (χ1n) is 10.6. The highest BCUT2D eigenvalue weighted by molar-refractivity contribution is 5.83. The molecule has 1 heterocycles. The van der Waals surface area contributed by atoms with Gasteiger partial charge in [-0.15, -0.1) is 0 Å². The van der Waals surface area contributed by atoms with E-state index in [9.17, 15) is 0 Å². The zero-order chi connectivity index (χ0) is 21.2. The van der Waals surface area contributed by atoms with Gasteiger partial charge >= 0.3 is 0 Å². The molecule has 30 heavy (non-hydrogen) atoms. The van der Waals surface area contributed by atoms with Crippen molar-refractivity contribution in [1.29, 1.82) is 0 Å². The highest BCUT2D eigenvalue weighted by atomic mass is 16.5. The lowest BCUT2D eigenvalue weighted by molar-refractivity contribution is 0.0356. The molecule has 0 N–H and O–H groups in total. The highest BCUT2D eigenvalue weighted by Crippen LogP contribution is 2.25. The number of unbranched alkanes of at least 4 members (excludes halogenated alkanes) is 1. The Hall–Kier alpha value is -2.63. The van der Waals surface area contributed by atoms with Gasteiger partial charge in [-0.3, -0.25) is 0 Å². The van der Waals surface area contributed by atoms with Crippen LogP contribution >= 0.6 is 0 Å². The lowest BCUT2D eigenvalue weighted by Crippen LogP contribution is -2.11. The van der Waals surface area contributed by atoms with E-state index in [1.807, 2.05) is 32.3 Å². The molecule has 1 aromatic heterocycles. The standard InChI is InChI=1S/C25H32N2O3/c1-4-5-14-28-15-16-29-17-18-30-23-11-13-25-21(19-23)8-12-24(26-25)20-6-9-22(10-7-20)27(2)3/h6-13,19H,4-5,14-18H2,1-3H3. The van der Waals surface area contributed by atoms with Crippen molar-refractivity contribution >= 4 is 16.6 Å². The maximum Gasteiger partial charge on any atom is 0.120 e. The number of aromatic nitrogens is 1. The van der Waals surface area contributed by atoms with E-state index in [-0.39, 0.29) is 0 Å². The molecule has 0 spiro atoms. The molecule has 160 valence electrons. The van der Waals surface area contributed by atoms with E-state index in [1.165, 1.54) is 5.69 Å². The Bertz CT molecular complexity index is 910. The summed E-state index contributed by atoms with van der Waals surface area (Å²) in [6.07, 6.45) is 2.26. The second-order valence-electron chi connectivity index (χ2n) is 7.42. The average molecular weight is 409 g/mol. The third-order valence-electron chi connectivity index (χ3n) is 4.85. The van der Waals surface area contributed by atoms with Crippen LogP contribution < -0.4 is 9.64 Å². The van der Waals surface area contributed by atoms with Crippen molar-refractivity contribution < 1.29 is 14.2 Å². The fraction of sp³-hybridized carbons (Fsp3) is 0.400. The first kappa shape index (κ1) is 22.1. The summed E-state index contributed by atoms with van der Waals surface area (Å²) in [5, 5.41) is 1.06. The number of ether oxygens (including phenoxy) is 3.